The number of carboxylic acids is 1. The van der Waals surface area contributed by atoms with Crippen molar-refractivity contribution in [1.82, 2.24) is 5.32 Å². The molecule has 0 unspecified atom stereocenters. The van der Waals surface area contributed by atoms with Crippen molar-refractivity contribution >= 4 is 17.6 Å². The number of carboxylic acid groups (broad SMARTS) is 1. The van der Waals surface area contributed by atoms with Crippen LogP contribution in [0.25, 0.3) is 0 Å². The topological polar surface area (TPSA) is 75.3 Å². The lowest BCUT2D eigenvalue weighted by Crippen LogP contribution is -2.18. The van der Waals surface area contributed by atoms with E-state index in [0.717, 1.165) is 21.7 Å². The van der Waals surface area contributed by atoms with Crippen molar-refractivity contribution in [3.8, 4) is 0 Å². The van der Waals surface area contributed by atoms with Crippen LogP contribution < -0.4 is 11.1 Å². The SMILES string of the molecule is C=C(N)NCc1cc(Cl)ccc1C.Cc1ccc(C)c(C(=O)O)c1. The standard InChI is InChI=1S/C10H13ClN2.C9H10O2/c1-7-3-4-10(11)5-9(7)6-13-8(2)12;1-6-3-4-7(2)8(5-6)9(10)11/h3-5,13H,2,6,12H2,1H3;3-5H,1-2H3,(H,10,11). The summed E-state index contributed by atoms with van der Waals surface area (Å²) in [6.45, 7) is 9.93. The van der Waals surface area contributed by atoms with Gasteiger partial charge >= 0.3 is 5.97 Å². The summed E-state index contributed by atoms with van der Waals surface area (Å²) in [6, 6.07) is 11.2. The molecule has 0 aliphatic carbocycles. The van der Waals surface area contributed by atoms with Crippen LogP contribution in [0.2, 0.25) is 5.02 Å². The number of aryl methyl sites for hydroxylation is 3. The van der Waals surface area contributed by atoms with E-state index in [-0.39, 0.29) is 0 Å². The van der Waals surface area contributed by atoms with Crippen molar-refractivity contribution < 1.29 is 9.90 Å². The first-order valence-electron chi connectivity index (χ1n) is 7.44. The van der Waals surface area contributed by atoms with Gasteiger partial charge in [-0.05, 0) is 55.7 Å². The van der Waals surface area contributed by atoms with Crippen molar-refractivity contribution in [3.63, 3.8) is 0 Å². The van der Waals surface area contributed by atoms with Crippen molar-refractivity contribution in [2.24, 2.45) is 5.73 Å². The van der Waals surface area contributed by atoms with Gasteiger partial charge < -0.3 is 16.2 Å². The third kappa shape index (κ3) is 6.34. The third-order valence-electron chi connectivity index (χ3n) is 3.44. The lowest BCUT2D eigenvalue weighted by molar-refractivity contribution is 0.0696. The van der Waals surface area contributed by atoms with Crippen molar-refractivity contribution in [3.05, 3.63) is 81.6 Å². The minimum Gasteiger partial charge on any atom is -0.478 e. The van der Waals surface area contributed by atoms with Gasteiger partial charge in [0.05, 0.1) is 11.4 Å². The fourth-order valence-electron chi connectivity index (χ4n) is 2.01. The van der Waals surface area contributed by atoms with Gasteiger partial charge in [-0.25, -0.2) is 4.79 Å². The molecule has 0 aliphatic rings. The summed E-state index contributed by atoms with van der Waals surface area (Å²) in [5.41, 5.74) is 9.90. The molecule has 0 saturated heterocycles. The second-order valence-electron chi connectivity index (χ2n) is 5.57. The molecule has 0 saturated carbocycles. The molecule has 5 heteroatoms. The van der Waals surface area contributed by atoms with Crippen LogP contribution in [-0.4, -0.2) is 11.1 Å². The average molecular weight is 347 g/mol. The number of carbonyl (C=O) groups is 1. The van der Waals surface area contributed by atoms with Crippen LogP contribution >= 0.6 is 11.6 Å². The molecule has 24 heavy (non-hydrogen) atoms. The fourth-order valence-corrected chi connectivity index (χ4v) is 2.20. The van der Waals surface area contributed by atoms with E-state index in [9.17, 15) is 4.79 Å². The molecule has 0 aliphatic heterocycles. The highest BCUT2D eigenvalue weighted by molar-refractivity contribution is 6.30. The molecule has 4 nitrogen and oxygen atoms in total. The number of rotatable bonds is 4. The Morgan fingerprint density at radius 2 is 1.79 bits per heavy atom. The molecule has 0 aromatic heterocycles. The maximum Gasteiger partial charge on any atom is 0.335 e. The molecular formula is C19H23ClN2O2. The molecule has 2 aromatic carbocycles. The molecule has 128 valence electrons. The zero-order chi connectivity index (χ0) is 18.3. The Hall–Kier alpha value is -2.46. The first-order chi connectivity index (χ1) is 11.2. The molecule has 0 radical (unpaired) electrons. The van der Waals surface area contributed by atoms with Gasteiger partial charge in [-0.3, -0.25) is 0 Å². The summed E-state index contributed by atoms with van der Waals surface area (Å²) in [5, 5.41) is 12.4. The van der Waals surface area contributed by atoms with Gasteiger partial charge in [0.15, 0.2) is 0 Å². The minimum absolute atomic E-state index is 0.394. The van der Waals surface area contributed by atoms with Crippen LogP contribution in [0.3, 0.4) is 0 Å². The molecule has 0 spiro atoms. The Morgan fingerprint density at radius 1 is 1.17 bits per heavy atom. The first-order valence-corrected chi connectivity index (χ1v) is 7.82. The summed E-state index contributed by atoms with van der Waals surface area (Å²) < 4.78 is 0. The van der Waals surface area contributed by atoms with Gasteiger partial charge in [-0.1, -0.05) is 41.9 Å². The Balaban J connectivity index is 0.000000243. The fraction of sp³-hybridized carbons (Fsp3) is 0.211. The number of hydrogen-bond acceptors (Lipinski definition) is 3. The average Bonchev–Trinajstić information content (AvgIpc) is 2.51. The predicted molar refractivity (Wildman–Crippen MR) is 99.2 cm³/mol. The summed E-state index contributed by atoms with van der Waals surface area (Å²) in [4.78, 5) is 10.6. The lowest BCUT2D eigenvalue weighted by Gasteiger charge is -2.08. The van der Waals surface area contributed by atoms with E-state index in [4.69, 9.17) is 22.4 Å². The number of aromatic carboxylic acids is 1. The Bertz CT molecular complexity index is 742. The third-order valence-corrected chi connectivity index (χ3v) is 3.68. The van der Waals surface area contributed by atoms with Crippen LogP contribution in [0.5, 0.6) is 0 Å². The van der Waals surface area contributed by atoms with Gasteiger partial charge in [0.25, 0.3) is 0 Å². The van der Waals surface area contributed by atoms with Crippen molar-refractivity contribution in [1.29, 1.82) is 0 Å². The van der Waals surface area contributed by atoms with Crippen molar-refractivity contribution in [2.75, 3.05) is 0 Å². The number of nitrogens with two attached hydrogens (primary N) is 1. The highest BCUT2D eigenvalue weighted by atomic mass is 35.5. The molecule has 0 fully saturated rings. The van der Waals surface area contributed by atoms with Gasteiger partial charge in [-0.15, -0.1) is 0 Å². The van der Waals surface area contributed by atoms with Gasteiger partial charge in [0.1, 0.15) is 0 Å². The van der Waals surface area contributed by atoms with Crippen molar-refractivity contribution in [2.45, 2.75) is 27.3 Å². The lowest BCUT2D eigenvalue weighted by atomic mass is 10.1. The van der Waals surface area contributed by atoms with E-state index in [2.05, 4.69) is 11.9 Å². The van der Waals surface area contributed by atoms with Crippen LogP contribution in [0, 0.1) is 20.8 Å². The normalized spacial score (nSPS) is 9.67. The molecule has 0 bridgehead atoms. The van der Waals surface area contributed by atoms with Gasteiger partial charge in [-0.2, -0.15) is 0 Å². The van der Waals surface area contributed by atoms with Crippen LogP contribution in [-0.2, 0) is 6.54 Å². The predicted octanol–water partition coefficient (Wildman–Crippen LogP) is 4.17. The molecule has 4 N–H and O–H groups in total. The van der Waals surface area contributed by atoms with E-state index in [1.165, 1.54) is 5.56 Å². The molecular weight excluding hydrogens is 324 g/mol. The van der Waals surface area contributed by atoms with E-state index in [0.29, 0.717) is 17.9 Å². The zero-order valence-electron chi connectivity index (χ0n) is 14.2. The second-order valence-corrected chi connectivity index (χ2v) is 6.01. The van der Waals surface area contributed by atoms with E-state index in [1.54, 1.807) is 13.0 Å². The number of halogens is 1. The summed E-state index contributed by atoms with van der Waals surface area (Å²) in [5.74, 6) is -0.384. The molecule has 0 heterocycles. The first kappa shape index (κ1) is 19.6. The number of nitrogens with one attached hydrogen (secondary N) is 1. The maximum atomic E-state index is 10.6. The molecule has 2 rings (SSSR count). The summed E-state index contributed by atoms with van der Waals surface area (Å²) in [6.07, 6.45) is 0. The van der Waals surface area contributed by atoms with Gasteiger partial charge in [0, 0.05) is 11.6 Å². The minimum atomic E-state index is -0.855. The van der Waals surface area contributed by atoms with Crippen LogP contribution in [0.4, 0.5) is 0 Å². The monoisotopic (exact) mass is 346 g/mol. The second kappa shape index (κ2) is 8.99. The van der Waals surface area contributed by atoms with E-state index in [1.807, 2.05) is 44.2 Å². The van der Waals surface area contributed by atoms with Gasteiger partial charge in [0.2, 0.25) is 0 Å². The Labute approximate surface area is 148 Å². The zero-order valence-corrected chi connectivity index (χ0v) is 14.9. The summed E-state index contributed by atoms with van der Waals surface area (Å²) in [7, 11) is 0. The highest BCUT2D eigenvalue weighted by Gasteiger charge is 2.05. The molecule has 2 aromatic rings. The summed E-state index contributed by atoms with van der Waals surface area (Å²) >= 11 is 5.85. The van der Waals surface area contributed by atoms with E-state index >= 15 is 0 Å². The van der Waals surface area contributed by atoms with Crippen LogP contribution in [0.1, 0.15) is 32.6 Å². The largest absolute Gasteiger partial charge is 0.478 e. The number of hydrogen-bond donors (Lipinski definition) is 3. The maximum absolute atomic E-state index is 10.6. The molecule has 0 amide bonds. The highest BCUT2D eigenvalue weighted by Crippen LogP contribution is 2.15. The Morgan fingerprint density at radius 3 is 2.33 bits per heavy atom. The number of benzene rings is 2. The Kier molecular flexibility index (Phi) is 7.33. The van der Waals surface area contributed by atoms with Crippen LogP contribution in [0.15, 0.2) is 48.8 Å². The van der Waals surface area contributed by atoms with E-state index < -0.39 is 5.97 Å². The molecule has 0 atom stereocenters. The smallest absolute Gasteiger partial charge is 0.335 e. The quantitative estimate of drug-likeness (QED) is 0.776.